The SMILES string of the molecule is CC1CN(Cc2ccc(C(=O)Nc3ccc(CN4CCCCC4C)cc3)cc2)CC(C)O1. The van der Waals surface area contributed by atoms with E-state index in [-0.39, 0.29) is 18.1 Å². The summed E-state index contributed by atoms with van der Waals surface area (Å²) in [5.41, 5.74) is 4.04. The highest BCUT2D eigenvalue weighted by molar-refractivity contribution is 6.04. The summed E-state index contributed by atoms with van der Waals surface area (Å²) in [5.74, 6) is -0.0671. The number of benzene rings is 2. The highest BCUT2D eigenvalue weighted by Gasteiger charge is 2.22. The lowest BCUT2D eigenvalue weighted by Gasteiger charge is -2.35. The van der Waals surface area contributed by atoms with E-state index in [9.17, 15) is 4.79 Å². The van der Waals surface area contributed by atoms with Crippen molar-refractivity contribution in [3.63, 3.8) is 0 Å². The monoisotopic (exact) mass is 435 g/mol. The molecule has 5 nitrogen and oxygen atoms in total. The van der Waals surface area contributed by atoms with Crippen LogP contribution in [0.5, 0.6) is 0 Å². The number of piperidine rings is 1. The van der Waals surface area contributed by atoms with E-state index in [1.165, 1.54) is 36.9 Å². The first-order valence-electron chi connectivity index (χ1n) is 12.1. The van der Waals surface area contributed by atoms with Crippen molar-refractivity contribution in [3.05, 3.63) is 65.2 Å². The Labute approximate surface area is 192 Å². The van der Waals surface area contributed by atoms with Crippen molar-refractivity contribution >= 4 is 11.6 Å². The molecule has 3 atom stereocenters. The average Bonchev–Trinajstić information content (AvgIpc) is 2.76. The predicted octanol–water partition coefficient (Wildman–Crippen LogP) is 4.92. The van der Waals surface area contributed by atoms with Gasteiger partial charge in [0.1, 0.15) is 0 Å². The normalized spacial score (nSPS) is 24.9. The van der Waals surface area contributed by atoms with Crippen LogP contribution in [-0.4, -0.2) is 53.6 Å². The largest absolute Gasteiger partial charge is 0.373 e. The zero-order valence-electron chi connectivity index (χ0n) is 19.7. The molecule has 2 aliphatic rings. The second-order valence-electron chi connectivity index (χ2n) is 9.61. The summed E-state index contributed by atoms with van der Waals surface area (Å²) in [5, 5.41) is 3.03. The molecule has 2 aromatic carbocycles. The van der Waals surface area contributed by atoms with Crippen molar-refractivity contribution in [3.8, 4) is 0 Å². The van der Waals surface area contributed by atoms with Gasteiger partial charge in [0.05, 0.1) is 12.2 Å². The van der Waals surface area contributed by atoms with E-state index in [4.69, 9.17) is 4.74 Å². The Morgan fingerprint density at radius 2 is 1.53 bits per heavy atom. The van der Waals surface area contributed by atoms with Crippen LogP contribution in [0.2, 0.25) is 0 Å². The summed E-state index contributed by atoms with van der Waals surface area (Å²) in [6.45, 7) is 11.5. The Balaban J connectivity index is 1.29. The van der Waals surface area contributed by atoms with Gasteiger partial charge in [0.25, 0.3) is 5.91 Å². The summed E-state index contributed by atoms with van der Waals surface area (Å²) in [6.07, 6.45) is 4.45. The number of nitrogens with zero attached hydrogens (tertiary/aromatic N) is 2. The third-order valence-corrected chi connectivity index (χ3v) is 6.66. The molecule has 2 fully saturated rings. The summed E-state index contributed by atoms with van der Waals surface area (Å²) in [7, 11) is 0. The molecule has 2 aromatic rings. The fraction of sp³-hybridized carbons (Fsp3) is 0.519. The molecular formula is C27H37N3O2. The molecule has 0 spiro atoms. The van der Waals surface area contributed by atoms with Crippen LogP contribution in [-0.2, 0) is 17.8 Å². The first-order valence-corrected chi connectivity index (χ1v) is 12.1. The van der Waals surface area contributed by atoms with Crippen LogP contribution in [0.3, 0.4) is 0 Å². The summed E-state index contributed by atoms with van der Waals surface area (Å²) < 4.78 is 5.81. The van der Waals surface area contributed by atoms with E-state index in [1.54, 1.807) is 0 Å². The molecule has 172 valence electrons. The van der Waals surface area contributed by atoms with E-state index >= 15 is 0 Å². The Bertz CT molecular complexity index is 871. The second-order valence-corrected chi connectivity index (χ2v) is 9.61. The van der Waals surface area contributed by atoms with Crippen molar-refractivity contribution in [1.82, 2.24) is 9.80 Å². The van der Waals surface area contributed by atoms with E-state index < -0.39 is 0 Å². The van der Waals surface area contributed by atoms with Crippen LogP contribution >= 0.6 is 0 Å². The molecule has 4 rings (SSSR count). The number of anilines is 1. The van der Waals surface area contributed by atoms with Gasteiger partial charge in [0.15, 0.2) is 0 Å². The highest BCUT2D eigenvalue weighted by Crippen LogP contribution is 2.20. The summed E-state index contributed by atoms with van der Waals surface area (Å²) in [4.78, 5) is 17.7. The van der Waals surface area contributed by atoms with Gasteiger partial charge in [0.2, 0.25) is 0 Å². The molecule has 0 saturated carbocycles. The molecule has 0 bridgehead atoms. The van der Waals surface area contributed by atoms with E-state index in [0.717, 1.165) is 31.9 Å². The molecular weight excluding hydrogens is 398 g/mol. The van der Waals surface area contributed by atoms with Crippen LogP contribution < -0.4 is 5.32 Å². The number of rotatable bonds is 6. The third kappa shape index (κ3) is 6.18. The van der Waals surface area contributed by atoms with Crippen molar-refractivity contribution in [2.45, 2.75) is 71.4 Å². The number of ether oxygens (including phenoxy) is 1. The molecule has 2 saturated heterocycles. The van der Waals surface area contributed by atoms with Crippen LogP contribution in [0.1, 0.15) is 61.5 Å². The molecule has 32 heavy (non-hydrogen) atoms. The minimum atomic E-state index is -0.0671. The molecule has 5 heteroatoms. The highest BCUT2D eigenvalue weighted by atomic mass is 16.5. The number of carbonyl (C=O) groups excluding carboxylic acids is 1. The van der Waals surface area contributed by atoms with E-state index in [0.29, 0.717) is 11.6 Å². The number of hydrogen-bond acceptors (Lipinski definition) is 4. The Kier molecular flexibility index (Phi) is 7.61. The van der Waals surface area contributed by atoms with E-state index in [2.05, 4.69) is 60.2 Å². The molecule has 2 aliphatic heterocycles. The van der Waals surface area contributed by atoms with Gasteiger partial charge in [-0.25, -0.2) is 0 Å². The number of likely N-dealkylation sites (tertiary alicyclic amines) is 1. The molecule has 1 N–H and O–H groups in total. The topological polar surface area (TPSA) is 44.8 Å². The van der Waals surface area contributed by atoms with Crippen LogP contribution in [0.15, 0.2) is 48.5 Å². The van der Waals surface area contributed by atoms with Crippen molar-refractivity contribution in [1.29, 1.82) is 0 Å². The number of morpholine rings is 1. The minimum absolute atomic E-state index is 0.0671. The molecule has 0 radical (unpaired) electrons. The zero-order valence-corrected chi connectivity index (χ0v) is 19.7. The van der Waals surface area contributed by atoms with Gasteiger partial charge in [-0.05, 0) is 75.5 Å². The van der Waals surface area contributed by atoms with Crippen molar-refractivity contribution in [2.24, 2.45) is 0 Å². The number of amides is 1. The smallest absolute Gasteiger partial charge is 0.255 e. The van der Waals surface area contributed by atoms with Crippen LogP contribution in [0, 0.1) is 0 Å². The number of carbonyl (C=O) groups is 1. The van der Waals surface area contributed by atoms with E-state index in [1.807, 2.05) is 24.3 Å². The minimum Gasteiger partial charge on any atom is -0.373 e. The van der Waals surface area contributed by atoms with Gasteiger partial charge in [-0.1, -0.05) is 30.7 Å². The predicted molar refractivity (Wildman–Crippen MR) is 130 cm³/mol. The Hall–Kier alpha value is -2.21. The maximum Gasteiger partial charge on any atom is 0.255 e. The van der Waals surface area contributed by atoms with Crippen molar-refractivity contribution < 1.29 is 9.53 Å². The molecule has 0 aromatic heterocycles. The molecule has 0 aliphatic carbocycles. The summed E-state index contributed by atoms with van der Waals surface area (Å²) >= 11 is 0. The maximum atomic E-state index is 12.7. The van der Waals surface area contributed by atoms with Crippen molar-refractivity contribution in [2.75, 3.05) is 25.0 Å². The quantitative estimate of drug-likeness (QED) is 0.699. The van der Waals surface area contributed by atoms with Gasteiger partial charge in [-0.15, -0.1) is 0 Å². The average molecular weight is 436 g/mol. The zero-order chi connectivity index (χ0) is 22.5. The lowest BCUT2D eigenvalue weighted by atomic mass is 10.0. The number of hydrogen-bond donors (Lipinski definition) is 1. The summed E-state index contributed by atoms with van der Waals surface area (Å²) in [6, 6.07) is 16.9. The third-order valence-electron chi connectivity index (χ3n) is 6.66. The fourth-order valence-electron chi connectivity index (χ4n) is 4.96. The number of nitrogens with one attached hydrogen (secondary N) is 1. The second kappa shape index (κ2) is 10.6. The first kappa shape index (κ1) is 23.0. The Morgan fingerprint density at radius 1 is 0.906 bits per heavy atom. The van der Waals surface area contributed by atoms with Gasteiger partial charge in [-0.2, -0.15) is 0 Å². The van der Waals surface area contributed by atoms with Gasteiger partial charge < -0.3 is 10.1 Å². The van der Waals surface area contributed by atoms with Crippen LogP contribution in [0.4, 0.5) is 5.69 Å². The fourth-order valence-corrected chi connectivity index (χ4v) is 4.96. The molecule has 3 unspecified atom stereocenters. The first-order chi connectivity index (χ1) is 15.5. The Morgan fingerprint density at radius 3 is 2.19 bits per heavy atom. The van der Waals surface area contributed by atoms with Gasteiger partial charge in [-0.3, -0.25) is 14.6 Å². The maximum absolute atomic E-state index is 12.7. The van der Waals surface area contributed by atoms with Gasteiger partial charge >= 0.3 is 0 Å². The molecule has 1 amide bonds. The lowest BCUT2D eigenvalue weighted by molar-refractivity contribution is -0.0704. The van der Waals surface area contributed by atoms with Gasteiger partial charge in [0, 0.05) is 43.5 Å². The molecule has 2 heterocycles. The van der Waals surface area contributed by atoms with Crippen LogP contribution in [0.25, 0.3) is 0 Å². The standard InChI is InChI=1S/C27H37N3O2/c1-20-6-4-5-15-30(20)19-24-9-13-26(14-10-24)28-27(31)25-11-7-23(8-12-25)18-29-16-21(2)32-22(3)17-29/h7-14,20-22H,4-6,15-19H2,1-3H3,(H,28,31). The lowest BCUT2D eigenvalue weighted by Crippen LogP contribution is -2.44.